The molecule has 2 aromatic rings. The Morgan fingerprint density at radius 2 is 1.95 bits per heavy atom. The van der Waals surface area contributed by atoms with Crippen molar-refractivity contribution < 1.29 is 0 Å². The number of nitrogens with one attached hydrogen (secondary N) is 1. The first kappa shape index (κ1) is 12.8. The van der Waals surface area contributed by atoms with Crippen molar-refractivity contribution in [2.24, 2.45) is 0 Å². The summed E-state index contributed by atoms with van der Waals surface area (Å²) >= 11 is 0. The molecule has 96 valence electrons. The molecule has 0 aliphatic carbocycles. The van der Waals surface area contributed by atoms with Crippen molar-refractivity contribution in [3.8, 4) is 6.07 Å². The summed E-state index contributed by atoms with van der Waals surface area (Å²) in [6.07, 6.45) is 3.07. The standard InChI is InChI=1S/C14H15N5/c1-10-8-11(19(2)3)4-5-12(10)18-14-13(9-15)16-6-7-17-14/h4-8H,1-3H3,(H,17,18). The van der Waals surface area contributed by atoms with E-state index in [0.717, 1.165) is 16.9 Å². The van der Waals surface area contributed by atoms with Gasteiger partial charge in [0.1, 0.15) is 6.07 Å². The molecule has 19 heavy (non-hydrogen) atoms. The largest absolute Gasteiger partial charge is 0.378 e. The Morgan fingerprint density at radius 1 is 1.21 bits per heavy atom. The molecule has 1 N–H and O–H groups in total. The molecule has 0 aliphatic rings. The molecule has 1 aromatic carbocycles. The van der Waals surface area contributed by atoms with Crippen molar-refractivity contribution in [2.75, 3.05) is 24.3 Å². The lowest BCUT2D eigenvalue weighted by atomic mass is 10.1. The molecule has 5 nitrogen and oxygen atoms in total. The van der Waals surface area contributed by atoms with Gasteiger partial charge in [-0.25, -0.2) is 9.97 Å². The minimum atomic E-state index is 0.290. The Hall–Kier alpha value is -2.61. The van der Waals surface area contributed by atoms with Gasteiger partial charge in [0.15, 0.2) is 11.5 Å². The summed E-state index contributed by atoms with van der Waals surface area (Å²) in [7, 11) is 4.00. The Kier molecular flexibility index (Phi) is 3.62. The van der Waals surface area contributed by atoms with Crippen molar-refractivity contribution in [2.45, 2.75) is 6.92 Å². The van der Waals surface area contributed by atoms with Crippen LogP contribution in [0.15, 0.2) is 30.6 Å². The fraction of sp³-hybridized carbons (Fsp3) is 0.214. The lowest BCUT2D eigenvalue weighted by molar-refractivity contribution is 1.12. The van der Waals surface area contributed by atoms with E-state index in [9.17, 15) is 0 Å². The van der Waals surface area contributed by atoms with E-state index in [1.807, 2.05) is 44.1 Å². The van der Waals surface area contributed by atoms with Gasteiger partial charge in [0, 0.05) is 37.9 Å². The van der Waals surface area contributed by atoms with Crippen LogP contribution in [0.2, 0.25) is 0 Å². The van der Waals surface area contributed by atoms with E-state index in [1.165, 1.54) is 6.20 Å². The fourth-order valence-corrected chi connectivity index (χ4v) is 1.71. The van der Waals surface area contributed by atoms with Crippen LogP contribution in [0.3, 0.4) is 0 Å². The van der Waals surface area contributed by atoms with E-state index in [0.29, 0.717) is 11.5 Å². The first-order chi connectivity index (χ1) is 9.11. The lowest BCUT2D eigenvalue weighted by Gasteiger charge is -2.15. The van der Waals surface area contributed by atoms with Crippen LogP contribution in [0.4, 0.5) is 17.2 Å². The van der Waals surface area contributed by atoms with E-state index in [1.54, 1.807) is 6.20 Å². The summed E-state index contributed by atoms with van der Waals surface area (Å²) in [5, 5.41) is 12.1. The van der Waals surface area contributed by atoms with Gasteiger partial charge in [0.2, 0.25) is 0 Å². The SMILES string of the molecule is Cc1cc(N(C)C)ccc1Nc1nccnc1C#N. The zero-order valence-corrected chi connectivity index (χ0v) is 11.2. The molecule has 0 saturated heterocycles. The van der Waals surface area contributed by atoms with E-state index >= 15 is 0 Å². The van der Waals surface area contributed by atoms with Crippen LogP contribution in [0.1, 0.15) is 11.3 Å². The first-order valence-electron chi connectivity index (χ1n) is 5.88. The quantitative estimate of drug-likeness (QED) is 0.910. The number of nitrogens with zero attached hydrogens (tertiary/aromatic N) is 4. The lowest BCUT2D eigenvalue weighted by Crippen LogP contribution is -2.09. The molecule has 0 amide bonds. The Balaban J connectivity index is 2.32. The third-order valence-electron chi connectivity index (χ3n) is 2.78. The molecule has 1 heterocycles. The van der Waals surface area contributed by atoms with Crippen LogP contribution in [0.5, 0.6) is 0 Å². The third-order valence-corrected chi connectivity index (χ3v) is 2.78. The monoisotopic (exact) mass is 253 g/mol. The molecule has 5 heteroatoms. The van der Waals surface area contributed by atoms with Gasteiger partial charge in [0.05, 0.1) is 0 Å². The van der Waals surface area contributed by atoms with Gasteiger partial charge >= 0.3 is 0 Å². The first-order valence-corrected chi connectivity index (χ1v) is 5.88. The molecule has 0 spiro atoms. The van der Waals surface area contributed by atoms with E-state index < -0.39 is 0 Å². The number of benzene rings is 1. The van der Waals surface area contributed by atoms with Crippen LogP contribution in [-0.2, 0) is 0 Å². The third kappa shape index (κ3) is 2.80. The maximum atomic E-state index is 8.98. The number of aromatic nitrogens is 2. The summed E-state index contributed by atoms with van der Waals surface area (Å²) in [5.74, 6) is 0.478. The summed E-state index contributed by atoms with van der Waals surface area (Å²) in [6.45, 7) is 2.01. The van der Waals surface area contributed by atoms with Crippen molar-refractivity contribution >= 4 is 17.2 Å². The van der Waals surface area contributed by atoms with E-state index in [-0.39, 0.29) is 0 Å². The van der Waals surface area contributed by atoms with Gasteiger partial charge in [-0.1, -0.05) is 0 Å². The molecule has 0 fully saturated rings. The number of aryl methyl sites for hydroxylation is 1. The topological polar surface area (TPSA) is 64.8 Å². The molecular weight excluding hydrogens is 238 g/mol. The Morgan fingerprint density at radius 3 is 2.58 bits per heavy atom. The molecule has 0 aliphatic heterocycles. The van der Waals surface area contributed by atoms with E-state index in [4.69, 9.17) is 5.26 Å². The zero-order valence-electron chi connectivity index (χ0n) is 11.2. The summed E-state index contributed by atoms with van der Waals surface area (Å²) in [6, 6.07) is 8.08. The van der Waals surface area contributed by atoms with Crippen LogP contribution in [-0.4, -0.2) is 24.1 Å². The second-order valence-corrected chi connectivity index (χ2v) is 4.38. The average molecular weight is 253 g/mol. The maximum absolute atomic E-state index is 8.98. The number of hydrogen-bond donors (Lipinski definition) is 1. The van der Waals surface area contributed by atoms with Crippen molar-refractivity contribution in [1.29, 1.82) is 5.26 Å². The molecule has 2 rings (SSSR count). The van der Waals surface area contributed by atoms with Crippen molar-refractivity contribution in [3.63, 3.8) is 0 Å². The average Bonchev–Trinajstić information content (AvgIpc) is 2.41. The van der Waals surface area contributed by atoms with Crippen LogP contribution in [0.25, 0.3) is 0 Å². The van der Waals surface area contributed by atoms with E-state index in [2.05, 4.69) is 21.4 Å². The summed E-state index contributed by atoms with van der Waals surface area (Å²) in [4.78, 5) is 10.2. The molecule has 0 bridgehead atoms. The van der Waals surface area contributed by atoms with Crippen LogP contribution < -0.4 is 10.2 Å². The highest BCUT2D eigenvalue weighted by atomic mass is 15.1. The molecule has 1 aromatic heterocycles. The number of hydrogen-bond acceptors (Lipinski definition) is 5. The fourth-order valence-electron chi connectivity index (χ4n) is 1.71. The van der Waals surface area contributed by atoms with Crippen LogP contribution >= 0.6 is 0 Å². The summed E-state index contributed by atoms with van der Waals surface area (Å²) < 4.78 is 0. The van der Waals surface area contributed by atoms with Crippen molar-refractivity contribution in [1.82, 2.24) is 9.97 Å². The number of rotatable bonds is 3. The molecule has 0 saturated carbocycles. The van der Waals surface area contributed by atoms with Crippen LogP contribution in [0, 0.1) is 18.3 Å². The van der Waals surface area contributed by atoms with Crippen molar-refractivity contribution in [3.05, 3.63) is 41.9 Å². The molecular formula is C14H15N5. The second kappa shape index (κ2) is 5.36. The molecule has 0 atom stereocenters. The molecule has 0 radical (unpaired) electrons. The predicted molar refractivity (Wildman–Crippen MR) is 75.5 cm³/mol. The normalized spacial score (nSPS) is 9.79. The van der Waals surface area contributed by atoms with Gasteiger partial charge in [-0.05, 0) is 30.7 Å². The minimum Gasteiger partial charge on any atom is -0.378 e. The number of anilines is 3. The van der Waals surface area contributed by atoms with Gasteiger partial charge in [-0.2, -0.15) is 5.26 Å². The Labute approximate surface area is 112 Å². The predicted octanol–water partition coefficient (Wildman–Crippen LogP) is 2.47. The number of nitriles is 1. The maximum Gasteiger partial charge on any atom is 0.183 e. The highest BCUT2D eigenvalue weighted by Crippen LogP contribution is 2.24. The minimum absolute atomic E-state index is 0.290. The zero-order chi connectivity index (χ0) is 13.8. The van der Waals surface area contributed by atoms with Gasteiger partial charge in [0.25, 0.3) is 0 Å². The summed E-state index contributed by atoms with van der Waals surface area (Å²) in [5.41, 5.74) is 3.42. The van der Waals surface area contributed by atoms with Gasteiger partial charge < -0.3 is 10.2 Å². The van der Waals surface area contributed by atoms with Gasteiger partial charge in [-0.3, -0.25) is 0 Å². The second-order valence-electron chi connectivity index (χ2n) is 4.38. The Bertz CT molecular complexity index is 628. The molecule has 0 unspecified atom stereocenters. The van der Waals surface area contributed by atoms with Gasteiger partial charge in [-0.15, -0.1) is 0 Å². The smallest absolute Gasteiger partial charge is 0.183 e. The highest BCUT2D eigenvalue weighted by Gasteiger charge is 2.07. The highest BCUT2D eigenvalue weighted by molar-refractivity contribution is 5.67.